The largest absolute Gasteiger partial charge is 0.361 e. The van der Waals surface area contributed by atoms with Gasteiger partial charge in [0.15, 0.2) is 0 Å². The van der Waals surface area contributed by atoms with Gasteiger partial charge < -0.3 is 15.5 Å². The van der Waals surface area contributed by atoms with Gasteiger partial charge in [-0.1, -0.05) is 78.9 Å². The smallest absolute Gasteiger partial charge is 0.312 e. The molecule has 0 bridgehead atoms. The van der Waals surface area contributed by atoms with Crippen LogP contribution in [0.4, 0.5) is 5.69 Å². The van der Waals surface area contributed by atoms with Gasteiger partial charge in [0.1, 0.15) is 6.54 Å². The lowest BCUT2D eigenvalue weighted by Gasteiger charge is -2.41. The highest BCUT2D eigenvalue weighted by Gasteiger charge is 2.38. The number of nitrogens with two attached hydrogens (primary N) is 1. The Bertz CT molecular complexity index is 1100. The summed E-state index contributed by atoms with van der Waals surface area (Å²) in [6, 6.07) is 26.9. The molecule has 1 atom stereocenters. The molecule has 3 amide bonds. The number of carbonyl (C=O) groups is 3. The lowest BCUT2D eigenvalue weighted by atomic mass is 9.98. The van der Waals surface area contributed by atoms with Crippen molar-refractivity contribution in [2.75, 3.05) is 18.0 Å². The minimum atomic E-state index is -1.05. The summed E-state index contributed by atoms with van der Waals surface area (Å²) < 4.78 is 0. The van der Waals surface area contributed by atoms with Crippen molar-refractivity contribution in [3.8, 4) is 11.1 Å². The quantitative estimate of drug-likeness (QED) is 0.668. The summed E-state index contributed by atoms with van der Waals surface area (Å²) in [5, 5.41) is 0. The normalized spacial score (nSPS) is 16.3. The predicted octanol–water partition coefficient (Wildman–Crippen LogP) is 2.63. The van der Waals surface area contributed by atoms with E-state index in [1.54, 1.807) is 4.90 Å². The van der Waals surface area contributed by atoms with Gasteiger partial charge in [-0.2, -0.15) is 0 Å². The van der Waals surface area contributed by atoms with Crippen LogP contribution in [0.5, 0.6) is 0 Å². The second kappa shape index (κ2) is 8.83. The maximum absolute atomic E-state index is 13.1. The Morgan fingerprint density at radius 2 is 1.48 bits per heavy atom. The number of amides is 3. The zero-order valence-electron chi connectivity index (χ0n) is 17.0. The zero-order valence-corrected chi connectivity index (χ0v) is 17.0. The molecular formula is C25H23N3O3. The van der Waals surface area contributed by atoms with E-state index in [4.69, 9.17) is 5.73 Å². The fourth-order valence-electron chi connectivity index (χ4n) is 4.01. The van der Waals surface area contributed by atoms with E-state index in [2.05, 4.69) is 0 Å². The van der Waals surface area contributed by atoms with E-state index in [1.165, 1.54) is 4.90 Å². The Kier molecular flexibility index (Phi) is 5.80. The van der Waals surface area contributed by atoms with Crippen LogP contribution in [0.15, 0.2) is 84.9 Å². The second-order valence-corrected chi connectivity index (χ2v) is 7.53. The Morgan fingerprint density at radius 1 is 0.871 bits per heavy atom. The Morgan fingerprint density at radius 3 is 2.16 bits per heavy atom. The van der Waals surface area contributed by atoms with Crippen LogP contribution in [-0.2, 0) is 20.8 Å². The minimum absolute atomic E-state index is 0.192. The first-order valence-corrected chi connectivity index (χ1v) is 10.1. The van der Waals surface area contributed by atoms with Gasteiger partial charge in [-0.15, -0.1) is 0 Å². The molecule has 0 spiro atoms. The number of rotatable bonds is 4. The van der Waals surface area contributed by atoms with Crippen LogP contribution in [0.1, 0.15) is 5.56 Å². The zero-order chi connectivity index (χ0) is 21.8. The lowest BCUT2D eigenvalue weighted by molar-refractivity contribution is -0.148. The number of para-hydroxylation sites is 1. The standard InChI is InChI=1S/C25H23N3O3/c26-24(30)25(31)27-17-23(29)28(16-20(27)15-18-9-3-1-4-10-18)22-14-8-7-13-21(22)19-11-5-2-6-12-19/h1-14,20H,15-17H2,(H2,26,30). The Balaban J connectivity index is 1.70. The van der Waals surface area contributed by atoms with Crippen molar-refractivity contribution in [2.45, 2.75) is 12.5 Å². The number of benzene rings is 3. The van der Waals surface area contributed by atoms with Crippen molar-refractivity contribution in [1.82, 2.24) is 4.90 Å². The molecular weight excluding hydrogens is 390 g/mol. The van der Waals surface area contributed by atoms with Gasteiger partial charge in [-0.05, 0) is 23.6 Å². The summed E-state index contributed by atoms with van der Waals surface area (Å²) in [6.45, 7) is 0.0823. The molecule has 1 heterocycles. The van der Waals surface area contributed by atoms with E-state index in [0.717, 1.165) is 22.4 Å². The van der Waals surface area contributed by atoms with Gasteiger partial charge >= 0.3 is 11.8 Å². The summed E-state index contributed by atoms with van der Waals surface area (Å²) in [7, 11) is 0. The van der Waals surface area contributed by atoms with Crippen molar-refractivity contribution in [3.63, 3.8) is 0 Å². The first kappa shape index (κ1) is 20.3. The third-order valence-electron chi connectivity index (χ3n) is 5.51. The molecule has 4 rings (SSSR count). The second-order valence-electron chi connectivity index (χ2n) is 7.53. The maximum atomic E-state index is 13.1. The fourth-order valence-corrected chi connectivity index (χ4v) is 4.01. The molecule has 0 saturated carbocycles. The van der Waals surface area contributed by atoms with Crippen LogP contribution in [0, 0.1) is 0 Å². The molecule has 2 N–H and O–H groups in total. The van der Waals surface area contributed by atoms with Crippen LogP contribution in [0.25, 0.3) is 11.1 Å². The van der Waals surface area contributed by atoms with E-state index in [1.807, 2.05) is 84.9 Å². The number of primary amides is 1. The third kappa shape index (κ3) is 4.33. The van der Waals surface area contributed by atoms with Gasteiger partial charge in [0.05, 0.1) is 11.7 Å². The van der Waals surface area contributed by atoms with Crippen LogP contribution in [-0.4, -0.2) is 41.8 Å². The summed E-state index contributed by atoms with van der Waals surface area (Å²) in [6.07, 6.45) is 0.511. The van der Waals surface area contributed by atoms with E-state index < -0.39 is 11.8 Å². The summed E-state index contributed by atoms with van der Waals surface area (Å²) >= 11 is 0. The van der Waals surface area contributed by atoms with E-state index >= 15 is 0 Å². The molecule has 0 radical (unpaired) electrons. The first-order chi connectivity index (χ1) is 15.0. The van der Waals surface area contributed by atoms with Crippen LogP contribution < -0.4 is 10.6 Å². The molecule has 3 aromatic carbocycles. The van der Waals surface area contributed by atoms with Crippen molar-refractivity contribution < 1.29 is 14.4 Å². The average Bonchev–Trinajstić information content (AvgIpc) is 2.80. The number of carbonyl (C=O) groups excluding carboxylic acids is 3. The van der Waals surface area contributed by atoms with E-state index in [-0.39, 0.29) is 25.0 Å². The molecule has 1 aliphatic rings. The molecule has 1 saturated heterocycles. The Labute approximate surface area is 180 Å². The number of anilines is 1. The van der Waals surface area contributed by atoms with Crippen molar-refractivity contribution in [2.24, 2.45) is 5.73 Å². The molecule has 6 nitrogen and oxygen atoms in total. The van der Waals surface area contributed by atoms with Gasteiger partial charge in [0.2, 0.25) is 5.91 Å². The average molecular weight is 413 g/mol. The number of piperazine rings is 1. The van der Waals surface area contributed by atoms with Gasteiger partial charge in [0.25, 0.3) is 0 Å². The van der Waals surface area contributed by atoms with E-state index in [9.17, 15) is 14.4 Å². The molecule has 3 aromatic rings. The highest BCUT2D eigenvalue weighted by molar-refractivity contribution is 6.35. The summed E-state index contributed by atoms with van der Waals surface area (Å²) in [5.41, 5.74) is 8.99. The van der Waals surface area contributed by atoms with Crippen molar-refractivity contribution >= 4 is 23.4 Å². The number of hydrogen-bond acceptors (Lipinski definition) is 3. The molecule has 1 fully saturated rings. The van der Waals surface area contributed by atoms with Crippen molar-refractivity contribution in [1.29, 1.82) is 0 Å². The highest BCUT2D eigenvalue weighted by atomic mass is 16.2. The molecule has 0 aromatic heterocycles. The molecule has 156 valence electrons. The summed E-state index contributed by atoms with van der Waals surface area (Å²) in [5.74, 6) is -2.13. The van der Waals surface area contributed by atoms with Crippen molar-refractivity contribution in [3.05, 3.63) is 90.5 Å². The highest BCUT2D eigenvalue weighted by Crippen LogP contribution is 2.32. The van der Waals surface area contributed by atoms with Crippen LogP contribution >= 0.6 is 0 Å². The van der Waals surface area contributed by atoms with E-state index in [0.29, 0.717) is 6.42 Å². The van der Waals surface area contributed by atoms with Crippen LogP contribution in [0.3, 0.4) is 0 Å². The monoisotopic (exact) mass is 413 g/mol. The molecule has 0 aliphatic carbocycles. The number of hydrogen-bond donors (Lipinski definition) is 1. The maximum Gasteiger partial charge on any atom is 0.312 e. The molecule has 31 heavy (non-hydrogen) atoms. The molecule has 1 unspecified atom stereocenters. The van der Waals surface area contributed by atoms with Gasteiger partial charge in [-0.25, -0.2) is 0 Å². The molecule has 1 aliphatic heterocycles. The first-order valence-electron chi connectivity index (χ1n) is 10.1. The third-order valence-corrected chi connectivity index (χ3v) is 5.51. The molecule has 6 heteroatoms. The topological polar surface area (TPSA) is 83.7 Å². The number of nitrogens with zero attached hydrogens (tertiary/aromatic N) is 2. The van der Waals surface area contributed by atoms with Gasteiger partial charge in [0, 0.05) is 12.1 Å². The fraction of sp³-hybridized carbons (Fsp3) is 0.160. The lowest BCUT2D eigenvalue weighted by Crippen LogP contribution is -2.60. The predicted molar refractivity (Wildman–Crippen MR) is 119 cm³/mol. The minimum Gasteiger partial charge on any atom is -0.361 e. The van der Waals surface area contributed by atoms with Gasteiger partial charge in [-0.3, -0.25) is 14.4 Å². The van der Waals surface area contributed by atoms with Crippen LogP contribution in [0.2, 0.25) is 0 Å². The Hall–Kier alpha value is -3.93. The summed E-state index contributed by atoms with van der Waals surface area (Å²) in [4.78, 5) is 40.2. The SMILES string of the molecule is NC(=O)C(=O)N1CC(=O)N(c2ccccc2-c2ccccc2)CC1Cc1ccccc1.